The second kappa shape index (κ2) is 8.55. The summed E-state index contributed by atoms with van der Waals surface area (Å²) < 4.78 is 27.0. The van der Waals surface area contributed by atoms with Crippen LogP contribution in [-0.4, -0.2) is 32.3 Å². The highest BCUT2D eigenvalue weighted by Gasteiger charge is 2.33. The molecule has 154 valence electrons. The fraction of sp³-hybridized carbons (Fsp3) is 0.174. The molecule has 2 aromatic carbocycles. The molecule has 1 aliphatic rings. The van der Waals surface area contributed by atoms with E-state index in [1.807, 2.05) is 35.2 Å². The summed E-state index contributed by atoms with van der Waals surface area (Å²) in [5, 5.41) is 2.07. The Bertz CT molecular complexity index is 1150. The predicted octanol–water partition coefficient (Wildman–Crippen LogP) is 4.00. The minimum Gasteiger partial charge on any atom is -0.327 e. The van der Waals surface area contributed by atoms with Crippen molar-refractivity contribution in [1.29, 1.82) is 0 Å². The van der Waals surface area contributed by atoms with E-state index < -0.39 is 10.0 Å². The van der Waals surface area contributed by atoms with Crippen molar-refractivity contribution in [2.75, 3.05) is 13.1 Å². The van der Waals surface area contributed by atoms with E-state index in [0.717, 1.165) is 12.0 Å². The number of hydrogen-bond acceptors (Lipinski definition) is 4. The molecular formula is C23H22N2O3S2. The maximum Gasteiger partial charge on any atom is 0.254 e. The number of carbonyl (C=O) groups excluding carboxylic acids is 1. The van der Waals surface area contributed by atoms with Crippen LogP contribution < -0.4 is 4.72 Å². The first-order valence-electron chi connectivity index (χ1n) is 9.64. The van der Waals surface area contributed by atoms with E-state index in [1.165, 1.54) is 28.6 Å². The van der Waals surface area contributed by atoms with Gasteiger partial charge in [0.2, 0.25) is 10.0 Å². The van der Waals surface area contributed by atoms with Gasteiger partial charge in [-0.15, -0.1) is 17.9 Å². The number of nitrogens with one attached hydrogen (secondary N) is 1. The number of fused-ring (bicyclic) bond motifs is 1. The summed E-state index contributed by atoms with van der Waals surface area (Å²) in [5.74, 6) is -0.108. The Kier molecular flexibility index (Phi) is 5.85. The van der Waals surface area contributed by atoms with Crippen molar-refractivity contribution in [3.63, 3.8) is 0 Å². The Labute approximate surface area is 180 Å². The van der Waals surface area contributed by atoms with Crippen molar-refractivity contribution >= 4 is 27.3 Å². The van der Waals surface area contributed by atoms with Gasteiger partial charge in [0, 0.05) is 23.5 Å². The molecule has 0 spiro atoms. The highest BCUT2D eigenvalue weighted by molar-refractivity contribution is 7.89. The highest BCUT2D eigenvalue weighted by atomic mass is 32.2. The third-order valence-corrected chi connectivity index (χ3v) is 7.61. The number of sulfonamides is 1. The second-order valence-corrected chi connectivity index (χ2v) is 9.79. The third kappa shape index (κ3) is 3.96. The van der Waals surface area contributed by atoms with Crippen LogP contribution in [0.25, 0.3) is 0 Å². The molecule has 0 radical (unpaired) electrons. The van der Waals surface area contributed by atoms with Crippen LogP contribution in [-0.2, 0) is 16.4 Å². The van der Waals surface area contributed by atoms with Crippen LogP contribution in [0.4, 0.5) is 0 Å². The van der Waals surface area contributed by atoms with Gasteiger partial charge in [-0.3, -0.25) is 4.79 Å². The van der Waals surface area contributed by atoms with Crippen LogP contribution >= 0.6 is 11.3 Å². The van der Waals surface area contributed by atoms with E-state index in [0.29, 0.717) is 12.1 Å². The van der Waals surface area contributed by atoms with Crippen molar-refractivity contribution in [2.24, 2.45) is 0 Å². The van der Waals surface area contributed by atoms with Gasteiger partial charge in [0.05, 0.1) is 10.9 Å². The lowest BCUT2D eigenvalue weighted by Crippen LogP contribution is -2.40. The topological polar surface area (TPSA) is 66.5 Å². The summed E-state index contributed by atoms with van der Waals surface area (Å²) in [4.78, 5) is 16.7. The first kappa shape index (κ1) is 20.5. The minimum atomic E-state index is -3.62. The van der Waals surface area contributed by atoms with Crippen LogP contribution in [0, 0.1) is 0 Å². The smallest absolute Gasteiger partial charge is 0.254 e. The average Bonchev–Trinajstić information content (AvgIpc) is 3.26. The van der Waals surface area contributed by atoms with Crippen LogP contribution in [0.2, 0.25) is 0 Å². The molecule has 1 atom stereocenters. The summed E-state index contributed by atoms with van der Waals surface area (Å²) >= 11 is 1.73. The van der Waals surface area contributed by atoms with Crippen LogP contribution in [0.15, 0.2) is 83.6 Å². The van der Waals surface area contributed by atoms with Crippen molar-refractivity contribution in [3.05, 3.63) is 100 Å². The fourth-order valence-electron chi connectivity index (χ4n) is 3.72. The number of carbonyl (C=O) groups is 1. The number of benzene rings is 2. The Hall–Kier alpha value is -2.74. The summed E-state index contributed by atoms with van der Waals surface area (Å²) in [5.41, 5.74) is 2.70. The van der Waals surface area contributed by atoms with Gasteiger partial charge >= 0.3 is 0 Å². The lowest BCUT2D eigenvalue weighted by molar-refractivity contribution is 0.0696. The van der Waals surface area contributed by atoms with Crippen LogP contribution in [0.5, 0.6) is 0 Å². The van der Waals surface area contributed by atoms with E-state index in [1.54, 1.807) is 23.5 Å². The van der Waals surface area contributed by atoms with Gasteiger partial charge in [-0.1, -0.05) is 36.4 Å². The largest absolute Gasteiger partial charge is 0.327 e. The summed E-state index contributed by atoms with van der Waals surface area (Å²) in [7, 11) is -3.62. The molecule has 0 saturated carbocycles. The molecule has 30 heavy (non-hydrogen) atoms. The van der Waals surface area contributed by atoms with Gasteiger partial charge in [-0.05, 0) is 53.3 Å². The molecule has 0 bridgehead atoms. The molecule has 3 aromatic rings. The maximum absolute atomic E-state index is 13.4. The summed E-state index contributed by atoms with van der Waals surface area (Å²) in [6.45, 7) is 4.28. The monoisotopic (exact) mass is 438 g/mol. The van der Waals surface area contributed by atoms with Gasteiger partial charge in [0.1, 0.15) is 0 Å². The zero-order chi connectivity index (χ0) is 21.1. The standard InChI is InChI=1S/C23H22N2O3S2/c1-2-14-24-30(27,28)19-10-8-18(9-11-19)23(26)25-15-12-21-20(13-16-29-21)22(25)17-6-4-3-5-7-17/h2-11,13,16,22,24H,1,12,14-15H2/t22-/m1/s1. The van der Waals surface area contributed by atoms with Crippen LogP contribution in [0.3, 0.4) is 0 Å². The molecule has 5 nitrogen and oxygen atoms in total. The molecule has 1 N–H and O–H groups in total. The van der Waals surface area contributed by atoms with Gasteiger partial charge < -0.3 is 4.90 Å². The molecule has 2 heterocycles. The van der Waals surface area contributed by atoms with Crippen molar-refractivity contribution < 1.29 is 13.2 Å². The molecule has 0 unspecified atom stereocenters. The van der Waals surface area contributed by atoms with E-state index in [2.05, 4.69) is 22.7 Å². The normalized spacial score (nSPS) is 16.1. The average molecular weight is 439 g/mol. The molecule has 4 rings (SSSR count). The van der Waals surface area contributed by atoms with Crippen molar-refractivity contribution in [1.82, 2.24) is 9.62 Å². The zero-order valence-electron chi connectivity index (χ0n) is 16.3. The van der Waals surface area contributed by atoms with Crippen LogP contribution in [0.1, 0.15) is 32.4 Å². The van der Waals surface area contributed by atoms with Gasteiger partial charge in [0.25, 0.3) is 5.91 Å². The fourth-order valence-corrected chi connectivity index (χ4v) is 5.63. The molecule has 0 saturated heterocycles. The molecule has 7 heteroatoms. The first-order valence-corrected chi connectivity index (χ1v) is 12.0. The van der Waals surface area contributed by atoms with E-state index in [9.17, 15) is 13.2 Å². The minimum absolute atomic E-state index is 0.108. The molecule has 0 fully saturated rings. The Balaban J connectivity index is 1.64. The number of nitrogens with zero attached hydrogens (tertiary/aromatic N) is 1. The Morgan fingerprint density at radius 3 is 2.57 bits per heavy atom. The van der Waals surface area contributed by atoms with Gasteiger partial charge in [-0.25, -0.2) is 13.1 Å². The summed E-state index contributed by atoms with van der Waals surface area (Å²) in [6, 6.07) is 18.1. The lowest BCUT2D eigenvalue weighted by Gasteiger charge is -2.36. The van der Waals surface area contributed by atoms with E-state index in [4.69, 9.17) is 0 Å². The molecule has 0 aliphatic carbocycles. The van der Waals surface area contributed by atoms with E-state index >= 15 is 0 Å². The zero-order valence-corrected chi connectivity index (χ0v) is 18.0. The number of hydrogen-bond donors (Lipinski definition) is 1. The number of rotatable bonds is 6. The van der Waals surface area contributed by atoms with Crippen molar-refractivity contribution in [2.45, 2.75) is 17.4 Å². The Morgan fingerprint density at radius 2 is 1.87 bits per heavy atom. The number of thiophene rings is 1. The highest BCUT2D eigenvalue weighted by Crippen LogP contribution is 2.38. The lowest BCUT2D eigenvalue weighted by atomic mass is 9.92. The molecule has 1 amide bonds. The molecule has 1 aromatic heterocycles. The Morgan fingerprint density at radius 1 is 1.13 bits per heavy atom. The quantitative estimate of drug-likeness (QED) is 0.592. The predicted molar refractivity (Wildman–Crippen MR) is 119 cm³/mol. The third-order valence-electron chi connectivity index (χ3n) is 5.17. The number of amides is 1. The second-order valence-electron chi connectivity index (χ2n) is 7.03. The first-order chi connectivity index (χ1) is 14.5. The maximum atomic E-state index is 13.4. The van der Waals surface area contributed by atoms with Gasteiger partial charge in [-0.2, -0.15) is 0 Å². The van der Waals surface area contributed by atoms with E-state index in [-0.39, 0.29) is 23.4 Å². The van der Waals surface area contributed by atoms with Gasteiger partial charge in [0.15, 0.2) is 0 Å². The molecule has 1 aliphatic heterocycles. The van der Waals surface area contributed by atoms with Crippen molar-refractivity contribution in [3.8, 4) is 0 Å². The SMILES string of the molecule is C=CCNS(=O)(=O)c1ccc(C(=O)N2CCc3sccc3[C@H]2c2ccccc2)cc1. The molecular weight excluding hydrogens is 416 g/mol. The summed E-state index contributed by atoms with van der Waals surface area (Å²) in [6.07, 6.45) is 2.30.